The molecule has 3 aromatic rings. The van der Waals surface area contributed by atoms with Crippen LogP contribution in [0.4, 0.5) is 23.2 Å². The number of benzene rings is 3. The van der Waals surface area contributed by atoms with E-state index in [-0.39, 0.29) is 22.7 Å². The SMILES string of the molecule is CCC(C)OC(=O)c1ccc(Oc2ccccc2NC(=O)c2cc(C(F)(F)F)ccc2F)cc1C(=O)O. The number of hydrogen-bond donors (Lipinski definition) is 2. The Balaban J connectivity index is 1.88. The number of amides is 1. The summed E-state index contributed by atoms with van der Waals surface area (Å²) in [5, 5.41) is 11.9. The van der Waals surface area contributed by atoms with E-state index in [4.69, 9.17) is 9.47 Å². The van der Waals surface area contributed by atoms with Crippen molar-refractivity contribution >= 4 is 23.5 Å². The molecule has 3 aromatic carbocycles. The Morgan fingerprint density at radius 3 is 2.32 bits per heavy atom. The van der Waals surface area contributed by atoms with Gasteiger partial charge >= 0.3 is 18.1 Å². The number of aromatic carboxylic acids is 1. The van der Waals surface area contributed by atoms with Crippen LogP contribution in [-0.2, 0) is 10.9 Å². The zero-order valence-corrected chi connectivity index (χ0v) is 19.6. The summed E-state index contributed by atoms with van der Waals surface area (Å²) < 4.78 is 64.0. The number of anilines is 1. The number of para-hydroxylation sites is 2. The van der Waals surface area contributed by atoms with Crippen LogP contribution in [0.3, 0.4) is 0 Å². The maximum Gasteiger partial charge on any atom is 0.416 e. The monoisotopic (exact) mass is 519 g/mol. The number of carbonyl (C=O) groups is 3. The number of ether oxygens (including phenoxy) is 2. The van der Waals surface area contributed by atoms with Gasteiger partial charge in [0.1, 0.15) is 11.6 Å². The molecular weight excluding hydrogens is 498 g/mol. The van der Waals surface area contributed by atoms with Crippen molar-refractivity contribution < 1.29 is 46.5 Å². The lowest BCUT2D eigenvalue weighted by atomic mass is 10.1. The molecule has 194 valence electrons. The highest BCUT2D eigenvalue weighted by molar-refractivity contribution is 6.05. The maximum atomic E-state index is 14.1. The highest BCUT2D eigenvalue weighted by atomic mass is 19.4. The van der Waals surface area contributed by atoms with Crippen LogP contribution in [-0.4, -0.2) is 29.1 Å². The molecule has 7 nitrogen and oxygen atoms in total. The molecule has 0 bridgehead atoms. The van der Waals surface area contributed by atoms with E-state index >= 15 is 0 Å². The van der Waals surface area contributed by atoms with Gasteiger partial charge < -0.3 is 19.9 Å². The summed E-state index contributed by atoms with van der Waals surface area (Å²) in [5.41, 5.74) is -2.64. The van der Waals surface area contributed by atoms with E-state index in [1.165, 1.54) is 36.4 Å². The number of rotatable bonds is 8. The van der Waals surface area contributed by atoms with E-state index in [0.29, 0.717) is 24.6 Å². The van der Waals surface area contributed by atoms with Crippen LogP contribution >= 0.6 is 0 Å². The van der Waals surface area contributed by atoms with Crippen LogP contribution in [0.15, 0.2) is 60.7 Å². The number of esters is 1. The molecule has 0 aliphatic heterocycles. The summed E-state index contributed by atoms with van der Waals surface area (Å²) in [7, 11) is 0. The molecule has 0 fully saturated rings. The normalized spacial score (nSPS) is 11.9. The number of carboxylic acid groups (broad SMARTS) is 1. The van der Waals surface area contributed by atoms with Crippen molar-refractivity contribution in [2.24, 2.45) is 0 Å². The van der Waals surface area contributed by atoms with Crippen LogP contribution in [0.2, 0.25) is 0 Å². The van der Waals surface area contributed by atoms with Crippen molar-refractivity contribution in [2.75, 3.05) is 5.32 Å². The quantitative estimate of drug-likeness (QED) is 0.259. The number of alkyl halides is 3. The molecule has 1 unspecified atom stereocenters. The zero-order chi connectivity index (χ0) is 27.3. The minimum absolute atomic E-state index is 0.0190. The Kier molecular flexibility index (Phi) is 8.16. The predicted octanol–water partition coefficient (Wildman–Crippen LogP) is 6.54. The second kappa shape index (κ2) is 11.1. The summed E-state index contributed by atoms with van der Waals surface area (Å²) in [6, 6.07) is 10.8. The van der Waals surface area contributed by atoms with Gasteiger partial charge in [-0.25, -0.2) is 14.0 Å². The fraction of sp³-hybridized carbons (Fsp3) is 0.192. The molecule has 0 aromatic heterocycles. The van der Waals surface area contributed by atoms with Gasteiger partial charge in [-0.05, 0) is 61.9 Å². The van der Waals surface area contributed by atoms with Gasteiger partial charge in [-0.3, -0.25) is 4.79 Å². The van der Waals surface area contributed by atoms with Crippen molar-refractivity contribution in [2.45, 2.75) is 32.5 Å². The lowest BCUT2D eigenvalue weighted by molar-refractivity contribution is -0.137. The lowest BCUT2D eigenvalue weighted by Gasteiger charge is -2.15. The fourth-order valence-corrected chi connectivity index (χ4v) is 3.12. The van der Waals surface area contributed by atoms with Gasteiger partial charge in [0.05, 0.1) is 34.0 Å². The minimum Gasteiger partial charge on any atom is -0.478 e. The number of carbonyl (C=O) groups excluding carboxylic acids is 2. The maximum absolute atomic E-state index is 14.1. The van der Waals surface area contributed by atoms with E-state index in [2.05, 4.69) is 5.32 Å². The first kappa shape index (κ1) is 27.2. The Hall–Kier alpha value is -4.41. The van der Waals surface area contributed by atoms with Crippen LogP contribution < -0.4 is 10.1 Å². The Bertz CT molecular complexity index is 1340. The zero-order valence-electron chi connectivity index (χ0n) is 19.6. The van der Waals surface area contributed by atoms with Crippen LogP contribution in [0.1, 0.15) is 56.9 Å². The Labute approximate surface area is 208 Å². The molecule has 0 saturated carbocycles. The predicted molar refractivity (Wildman–Crippen MR) is 124 cm³/mol. The molecule has 1 atom stereocenters. The molecule has 0 aliphatic carbocycles. The number of carboxylic acids is 1. The van der Waals surface area contributed by atoms with E-state index in [0.717, 1.165) is 6.07 Å². The second-order valence-electron chi connectivity index (χ2n) is 7.88. The molecular formula is C26H21F4NO6. The summed E-state index contributed by atoms with van der Waals surface area (Å²) >= 11 is 0. The first-order chi connectivity index (χ1) is 17.4. The number of halogens is 4. The lowest BCUT2D eigenvalue weighted by Crippen LogP contribution is -2.17. The third-order valence-electron chi connectivity index (χ3n) is 5.23. The highest BCUT2D eigenvalue weighted by Gasteiger charge is 2.32. The van der Waals surface area contributed by atoms with Crippen molar-refractivity contribution in [3.63, 3.8) is 0 Å². The van der Waals surface area contributed by atoms with Crippen LogP contribution in [0.25, 0.3) is 0 Å². The van der Waals surface area contributed by atoms with Crippen molar-refractivity contribution in [3.05, 3.63) is 88.7 Å². The third-order valence-corrected chi connectivity index (χ3v) is 5.23. The first-order valence-corrected chi connectivity index (χ1v) is 10.9. The molecule has 11 heteroatoms. The summed E-state index contributed by atoms with van der Waals surface area (Å²) in [5.74, 6) is -4.60. The minimum atomic E-state index is -4.78. The van der Waals surface area contributed by atoms with Crippen LogP contribution in [0, 0.1) is 5.82 Å². The standard InChI is InChI=1S/C26H21F4NO6/c1-3-14(2)36-25(35)17-10-9-16(13-18(17)24(33)34)37-22-7-5-4-6-21(22)31-23(32)19-12-15(26(28,29)30)8-11-20(19)27/h4-14H,3H2,1-2H3,(H,31,32)(H,33,34). The third kappa shape index (κ3) is 6.63. The molecule has 3 rings (SSSR count). The van der Waals surface area contributed by atoms with Crippen LogP contribution in [0.5, 0.6) is 11.5 Å². The van der Waals surface area contributed by atoms with Gasteiger partial charge in [0.2, 0.25) is 0 Å². The first-order valence-electron chi connectivity index (χ1n) is 10.9. The second-order valence-corrected chi connectivity index (χ2v) is 7.88. The summed E-state index contributed by atoms with van der Waals surface area (Å²) in [6.45, 7) is 3.46. The summed E-state index contributed by atoms with van der Waals surface area (Å²) in [6.07, 6.45) is -4.68. The molecule has 0 saturated heterocycles. The van der Waals surface area contributed by atoms with Gasteiger partial charge in [0, 0.05) is 0 Å². The van der Waals surface area contributed by atoms with E-state index < -0.39 is 52.6 Å². The van der Waals surface area contributed by atoms with E-state index in [1.54, 1.807) is 13.8 Å². The highest BCUT2D eigenvalue weighted by Crippen LogP contribution is 2.33. The average molecular weight is 519 g/mol. The largest absolute Gasteiger partial charge is 0.478 e. The molecule has 0 spiro atoms. The van der Waals surface area contributed by atoms with Gasteiger partial charge in [0.15, 0.2) is 5.75 Å². The number of nitrogens with one attached hydrogen (secondary N) is 1. The fourth-order valence-electron chi connectivity index (χ4n) is 3.12. The van der Waals surface area contributed by atoms with Gasteiger partial charge in [-0.2, -0.15) is 13.2 Å². The van der Waals surface area contributed by atoms with Gasteiger partial charge in [-0.1, -0.05) is 19.1 Å². The Morgan fingerprint density at radius 2 is 1.68 bits per heavy atom. The average Bonchev–Trinajstić information content (AvgIpc) is 2.84. The van der Waals surface area contributed by atoms with E-state index in [9.17, 15) is 37.1 Å². The molecule has 0 radical (unpaired) electrons. The molecule has 0 aliphatic rings. The van der Waals surface area contributed by atoms with Gasteiger partial charge in [-0.15, -0.1) is 0 Å². The summed E-state index contributed by atoms with van der Waals surface area (Å²) in [4.78, 5) is 36.7. The smallest absolute Gasteiger partial charge is 0.416 e. The topological polar surface area (TPSA) is 102 Å². The van der Waals surface area contributed by atoms with Gasteiger partial charge in [0.25, 0.3) is 5.91 Å². The van der Waals surface area contributed by atoms with Crippen molar-refractivity contribution in [3.8, 4) is 11.5 Å². The van der Waals surface area contributed by atoms with E-state index in [1.807, 2.05) is 0 Å². The molecule has 37 heavy (non-hydrogen) atoms. The molecule has 2 N–H and O–H groups in total. The van der Waals surface area contributed by atoms with Crippen molar-refractivity contribution in [1.29, 1.82) is 0 Å². The Morgan fingerprint density at radius 1 is 0.973 bits per heavy atom. The number of hydrogen-bond acceptors (Lipinski definition) is 5. The van der Waals surface area contributed by atoms with Crippen molar-refractivity contribution in [1.82, 2.24) is 0 Å². The molecule has 1 amide bonds. The molecule has 0 heterocycles.